The van der Waals surface area contributed by atoms with Gasteiger partial charge in [-0.2, -0.15) is 10.5 Å². The zero-order chi connectivity index (χ0) is 13.7. The van der Waals surface area contributed by atoms with Gasteiger partial charge in [0.15, 0.2) is 17.2 Å². The molecule has 0 aliphatic heterocycles. The number of aromatic nitrogens is 2. The molecule has 5 heteroatoms. The van der Waals surface area contributed by atoms with Gasteiger partial charge in [0.1, 0.15) is 12.1 Å². The predicted octanol–water partition coefficient (Wildman–Crippen LogP) is 1.44. The second-order valence-electron chi connectivity index (χ2n) is 3.99. The average molecular weight is 250 g/mol. The average Bonchev–Trinajstić information content (AvgIpc) is 2.81. The molecule has 92 valence electrons. The van der Waals surface area contributed by atoms with Gasteiger partial charge in [-0.1, -0.05) is 30.3 Å². The van der Waals surface area contributed by atoms with Crippen molar-refractivity contribution in [2.75, 3.05) is 0 Å². The molecule has 0 spiro atoms. The Hall–Kier alpha value is -2.92. The molecule has 1 heterocycles. The summed E-state index contributed by atoms with van der Waals surface area (Å²) < 4.78 is 1.41. The van der Waals surface area contributed by atoms with Crippen molar-refractivity contribution in [2.24, 2.45) is 0 Å². The van der Waals surface area contributed by atoms with Crippen molar-refractivity contribution in [3.8, 4) is 12.1 Å². The van der Waals surface area contributed by atoms with Crippen molar-refractivity contribution in [1.29, 1.82) is 10.5 Å². The van der Waals surface area contributed by atoms with E-state index in [0.717, 1.165) is 5.56 Å². The Balaban J connectivity index is 2.10. The first-order valence-corrected chi connectivity index (χ1v) is 5.65. The summed E-state index contributed by atoms with van der Waals surface area (Å²) in [5.74, 6) is -0.0374. The van der Waals surface area contributed by atoms with Gasteiger partial charge in [-0.15, -0.1) is 0 Å². The first-order valence-electron chi connectivity index (χ1n) is 5.65. The van der Waals surface area contributed by atoms with Gasteiger partial charge in [0.2, 0.25) is 0 Å². The van der Waals surface area contributed by atoms with Crippen LogP contribution in [-0.4, -0.2) is 15.3 Å². The third-order valence-corrected chi connectivity index (χ3v) is 2.64. The highest BCUT2D eigenvalue weighted by molar-refractivity contribution is 5.80. The number of Topliss-reactive ketones (excluding diaryl/α,β-unsaturated/α-hetero) is 1. The second kappa shape index (κ2) is 5.61. The van der Waals surface area contributed by atoms with E-state index in [4.69, 9.17) is 10.5 Å². The number of rotatable bonds is 4. The molecule has 19 heavy (non-hydrogen) atoms. The summed E-state index contributed by atoms with van der Waals surface area (Å²) in [4.78, 5) is 15.7. The lowest BCUT2D eigenvalue weighted by atomic mass is 10.1. The highest BCUT2D eigenvalue weighted by atomic mass is 16.1. The van der Waals surface area contributed by atoms with E-state index in [-0.39, 0.29) is 23.7 Å². The lowest BCUT2D eigenvalue weighted by Gasteiger charge is -2.03. The lowest BCUT2D eigenvalue weighted by molar-refractivity contribution is -0.119. The van der Waals surface area contributed by atoms with E-state index in [9.17, 15) is 4.79 Å². The van der Waals surface area contributed by atoms with Gasteiger partial charge >= 0.3 is 0 Å². The first-order chi connectivity index (χ1) is 9.24. The van der Waals surface area contributed by atoms with Crippen molar-refractivity contribution >= 4 is 5.78 Å². The fourth-order valence-corrected chi connectivity index (χ4v) is 1.77. The number of imidazole rings is 1. The van der Waals surface area contributed by atoms with E-state index in [1.807, 2.05) is 42.5 Å². The minimum atomic E-state index is -0.0374. The van der Waals surface area contributed by atoms with Crippen LogP contribution in [0.4, 0.5) is 0 Å². The molecule has 0 N–H and O–H groups in total. The maximum atomic E-state index is 11.9. The van der Waals surface area contributed by atoms with Gasteiger partial charge in [-0.3, -0.25) is 4.79 Å². The minimum absolute atomic E-state index is 0.0374. The molecule has 0 amide bonds. The molecule has 2 aromatic rings. The molecular formula is C14H10N4O. The van der Waals surface area contributed by atoms with Crippen LogP contribution in [-0.2, 0) is 17.8 Å². The normalized spacial score (nSPS) is 9.58. The van der Waals surface area contributed by atoms with E-state index >= 15 is 0 Å². The van der Waals surface area contributed by atoms with Crippen LogP contribution >= 0.6 is 0 Å². The van der Waals surface area contributed by atoms with Crippen molar-refractivity contribution in [3.05, 3.63) is 53.6 Å². The van der Waals surface area contributed by atoms with E-state index in [2.05, 4.69) is 4.98 Å². The van der Waals surface area contributed by atoms with Gasteiger partial charge in [0.25, 0.3) is 0 Å². The van der Waals surface area contributed by atoms with Crippen LogP contribution in [0.1, 0.15) is 17.0 Å². The number of benzene rings is 1. The van der Waals surface area contributed by atoms with E-state index < -0.39 is 0 Å². The maximum absolute atomic E-state index is 11.9. The molecule has 1 aromatic carbocycles. The van der Waals surface area contributed by atoms with Crippen molar-refractivity contribution in [2.45, 2.75) is 13.0 Å². The number of nitriles is 2. The van der Waals surface area contributed by atoms with E-state index in [1.54, 1.807) is 0 Å². The number of carbonyl (C=O) groups is 1. The molecular weight excluding hydrogens is 240 g/mol. The Morgan fingerprint density at radius 1 is 1.21 bits per heavy atom. The maximum Gasteiger partial charge on any atom is 0.176 e. The van der Waals surface area contributed by atoms with Crippen LogP contribution in [0.3, 0.4) is 0 Å². The Kier molecular flexibility index (Phi) is 3.70. The molecule has 2 rings (SSSR count). The summed E-state index contributed by atoms with van der Waals surface area (Å²) in [6, 6.07) is 13.1. The van der Waals surface area contributed by atoms with Gasteiger partial charge in [-0.05, 0) is 5.56 Å². The lowest BCUT2D eigenvalue weighted by Crippen LogP contribution is -2.13. The first kappa shape index (κ1) is 12.5. The molecule has 0 fully saturated rings. The van der Waals surface area contributed by atoms with Crippen LogP contribution in [0.2, 0.25) is 0 Å². The summed E-state index contributed by atoms with van der Waals surface area (Å²) in [5.41, 5.74) is 1.10. The Morgan fingerprint density at radius 2 is 1.95 bits per heavy atom. The summed E-state index contributed by atoms with van der Waals surface area (Å²) >= 11 is 0. The Labute approximate surface area is 110 Å². The quantitative estimate of drug-likeness (QED) is 0.822. The highest BCUT2D eigenvalue weighted by Crippen LogP contribution is 2.07. The summed E-state index contributed by atoms with van der Waals surface area (Å²) in [6.07, 6.45) is 1.64. The molecule has 0 saturated heterocycles. The molecule has 0 radical (unpaired) electrons. The van der Waals surface area contributed by atoms with E-state index in [1.165, 1.54) is 10.9 Å². The summed E-state index contributed by atoms with van der Waals surface area (Å²) in [7, 11) is 0. The highest BCUT2D eigenvalue weighted by Gasteiger charge is 2.12. The SMILES string of the molecule is N#Cc1ncn(CC(=O)Cc2ccccc2)c1C#N. The standard InChI is InChI=1S/C14H10N4O/c15-7-13-14(8-16)18(10-17-13)9-12(19)6-11-4-2-1-3-5-11/h1-5,10H,6,9H2. The summed E-state index contributed by atoms with van der Waals surface area (Å²) in [6.45, 7) is 0.0481. The van der Waals surface area contributed by atoms with Crippen LogP contribution in [0.25, 0.3) is 0 Å². The third-order valence-electron chi connectivity index (χ3n) is 2.64. The van der Waals surface area contributed by atoms with E-state index in [0.29, 0.717) is 6.42 Å². The van der Waals surface area contributed by atoms with Crippen LogP contribution in [0.5, 0.6) is 0 Å². The minimum Gasteiger partial charge on any atom is -0.314 e. The Morgan fingerprint density at radius 3 is 2.58 bits per heavy atom. The molecule has 0 aliphatic carbocycles. The molecule has 0 bridgehead atoms. The summed E-state index contributed by atoms with van der Waals surface area (Å²) in [5, 5.41) is 17.7. The van der Waals surface area contributed by atoms with Gasteiger partial charge in [-0.25, -0.2) is 4.98 Å². The molecule has 1 aromatic heterocycles. The zero-order valence-electron chi connectivity index (χ0n) is 10.1. The third kappa shape index (κ3) is 2.85. The topological polar surface area (TPSA) is 82.5 Å². The second-order valence-corrected chi connectivity index (χ2v) is 3.99. The monoisotopic (exact) mass is 250 g/mol. The van der Waals surface area contributed by atoms with Crippen molar-refractivity contribution in [3.63, 3.8) is 0 Å². The smallest absolute Gasteiger partial charge is 0.176 e. The zero-order valence-corrected chi connectivity index (χ0v) is 10.1. The molecule has 0 aliphatic rings. The number of nitrogens with zero attached hydrogens (tertiary/aromatic N) is 4. The van der Waals surface area contributed by atoms with Gasteiger partial charge < -0.3 is 4.57 Å². The fourth-order valence-electron chi connectivity index (χ4n) is 1.77. The van der Waals surface area contributed by atoms with Crippen LogP contribution < -0.4 is 0 Å². The van der Waals surface area contributed by atoms with Crippen LogP contribution in [0.15, 0.2) is 36.7 Å². The molecule has 0 saturated carbocycles. The molecule has 5 nitrogen and oxygen atoms in total. The number of ketones is 1. The molecule has 0 atom stereocenters. The van der Waals surface area contributed by atoms with Gasteiger partial charge in [0, 0.05) is 6.42 Å². The number of hydrogen-bond donors (Lipinski definition) is 0. The fraction of sp³-hybridized carbons (Fsp3) is 0.143. The van der Waals surface area contributed by atoms with Gasteiger partial charge in [0.05, 0.1) is 12.9 Å². The van der Waals surface area contributed by atoms with Crippen LogP contribution in [0, 0.1) is 22.7 Å². The Bertz CT molecular complexity index is 674. The largest absolute Gasteiger partial charge is 0.314 e. The van der Waals surface area contributed by atoms with Crippen molar-refractivity contribution in [1.82, 2.24) is 9.55 Å². The number of carbonyl (C=O) groups excluding carboxylic acids is 1. The number of hydrogen-bond acceptors (Lipinski definition) is 4. The predicted molar refractivity (Wildman–Crippen MR) is 66.8 cm³/mol. The van der Waals surface area contributed by atoms with Crippen molar-refractivity contribution < 1.29 is 4.79 Å². The molecule has 0 unspecified atom stereocenters.